The first-order valence-electron chi connectivity index (χ1n) is 7.91. The third-order valence-corrected chi connectivity index (χ3v) is 4.77. The molecule has 1 heterocycles. The lowest BCUT2D eigenvalue weighted by Crippen LogP contribution is -2.35. The van der Waals surface area contributed by atoms with Gasteiger partial charge < -0.3 is 10.3 Å². The van der Waals surface area contributed by atoms with Gasteiger partial charge in [0.05, 0.1) is 0 Å². The minimum absolute atomic E-state index is 0.0839. The smallest absolute Gasteiger partial charge is 0.227 e. The van der Waals surface area contributed by atoms with Gasteiger partial charge in [-0.3, -0.25) is 0 Å². The molecule has 0 unspecified atom stereocenters. The molecule has 1 saturated carbocycles. The minimum Gasteiger partial charge on any atom is -0.339 e. The highest BCUT2D eigenvalue weighted by molar-refractivity contribution is 5.54. The van der Waals surface area contributed by atoms with E-state index in [4.69, 9.17) is 10.3 Å². The average Bonchev–Trinajstić information content (AvgIpc) is 2.99. The van der Waals surface area contributed by atoms with E-state index < -0.39 is 0 Å². The molecule has 1 fully saturated rings. The second kappa shape index (κ2) is 6.16. The molecule has 0 radical (unpaired) electrons. The number of benzene rings is 1. The maximum atomic E-state index is 13.7. The molecule has 2 aromatic rings. The fourth-order valence-electron chi connectivity index (χ4n) is 3.25. The molecule has 1 aromatic heterocycles. The molecule has 4 nitrogen and oxygen atoms in total. The summed E-state index contributed by atoms with van der Waals surface area (Å²) >= 11 is 0. The third-order valence-electron chi connectivity index (χ3n) is 4.77. The maximum absolute atomic E-state index is 13.7. The maximum Gasteiger partial charge on any atom is 0.227 e. The van der Waals surface area contributed by atoms with E-state index in [1.807, 2.05) is 6.07 Å². The van der Waals surface area contributed by atoms with Crippen LogP contribution in [-0.2, 0) is 6.42 Å². The van der Waals surface area contributed by atoms with Gasteiger partial charge in [-0.1, -0.05) is 36.6 Å². The zero-order valence-electron chi connectivity index (χ0n) is 12.9. The number of aromatic nitrogens is 2. The minimum atomic E-state index is -0.255. The summed E-state index contributed by atoms with van der Waals surface area (Å²) in [5.74, 6) is 0.787. The van der Waals surface area contributed by atoms with Gasteiger partial charge in [-0.2, -0.15) is 4.98 Å². The van der Waals surface area contributed by atoms with Crippen molar-refractivity contribution in [1.29, 1.82) is 0 Å². The van der Waals surface area contributed by atoms with Gasteiger partial charge in [0.15, 0.2) is 0 Å². The normalized spacial score (nSPS) is 17.6. The summed E-state index contributed by atoms with van der Waals surface area (Å²) in [6, 6.07) is 4.98. The number of rotatable bonds is 4. The van der Waals surface area contributed by atoms with Crippen molar-refractivity contribution < 1.29 is 8.91 Å². The van der Waals surface area contributed by atoms with Crippen LogP contribution in [0, 0.1) is 18.2 Å². The molecule has 118 valence electrons. The lowest BCUT2D eigenvalue weighted by Gasteiger charge is -2.34. The summed E-state index contributed by atoms with van der Waals surface area (Å²) in [7, 11) is 0. The summed E-state index contributed by atoms with van der Waals surface area (Å²) in [6.07, 6.45) is 6.63. The van der Waals surface area contributed by atoms with Crippen LogP contribution in [0.4, 0.5) is 4.39 Å². The summed E-state index contributed by atoms with van der Waals surface area (Å²) in [5, 5.41) is 3.99. The standard InChI is InChI=1S/C17H22FN3O/c1-12-5-6-13(9-14(12)18)16-20-15(22-21-16)10-17(11-19)7-3-2-4-8-17/h5-6,9H,2-4,7-8,10-11,19H2,1H3. The predicted octanol–water partition coefficient (Wildman–Crippen LogP) is 3.64. The Balaban J connectivity index is 1.79. The number of nitrogens with two attached hydrogens (primary N) is 1. The van der Waals surface area contributed by atoms with Crippen LogP contribution >= 0.6 is 0 Å². The molecule has 1 aromatic carbocycles. The van der Waals surface area contributed by atoms with Gasteiger partial charge in [0.2, 0.25) is 11.7 Å². The Morgan fingerprint density at radius 3 is 2.73 bits per heavy atom. The molecule has 0 saturated heterocycles. The quantitative estimate of drug-likeness (QED) is 0.936. The SMILES string of the molecule is Cc1ccc(-c2noc(CC3(CN)CCCCC3)n2)cc1F. The van der Waals surface area contributed by atoms with E-state index in [0.29, 0.717) is 35.8 Å². The molecule has 22 heavy (non-hydrogen) atoms. The van der Waals surface area contributed by atoms with E-state index in [9.17, 15) is 4.39 Å². The van der Waals surface area contributed by atoms with Crippen molar-refractivity contribution in [3.63, 3.8) is 0 Å². The van der Waals surface area contributed by atoms with E-state index in [2.05, 4.69) is 10.1 Å². The zero-order chi connectivity index (χ0) is 15.6. The van der Waals surface area contributed by atoms with Gasteiger partial charge in [-0.05, 0) is 43.4 Å². The first kappa shape index (κ1) is 15.2. The van der Waals surface area contributed by atoms with Crippen LogP contribution in [0.3, 0.4) is 0 Å². The molecule has 0 bridgehead atoms. The Morgan fingerprint density at radius 2 is 2.05 bits per heavy atom. The van der Waals surface area contributed by atoms with Crippen LogP contribution in [-0.4, -0.2) is 16.7 Å². The van der Waals surface area contributed by atoms with Crippen molar-refractivity contribution in [2.24, 2.45) is 11.1 Å². The number of nitrogens with zero attached hydrogens (tertiary/aromatic N) is 2. The highest BCUT2D eigenvalue weighted by atomic mass is 19.1. The van der Waals surface area contributed by atoms with E-state index in [0.717, 1.165) is 12.8 Å². The van der Waals surface area contributed by atoms with Crippen LogP contribution in [0.5, 0.6) is 0 Å². The molecule has 2 N–H and O–H groups in total. The van der Waals surface area contributed by atoms with E-state index >= 15 is 0 Å². The second-order valence-corrected chi connectivity index (χ2v) is 6.42. The van der Waals surface area contributed by atoms with Crippen LogP contribution in [0.1, 0.15) is 43.6 Å². The largest absolute Gasteiger partial charge is 0.339 e. The van der Waals surface area contributed by atoms with Crippen LogP contribution in [0.25, 0.3) is 11.4 Å². The van der Waals surface area contributed by atoms with Crippen molar-refractivity contribution in [1.82, 2.24) is 10.1 Å². The van der Waals surface area contributed by atoms with Crippen molar-refractivity contribution in [2.45, 2.75) is 45.4 Å². The average molecular weight is 303 g/mol. The molecule has 3 rings (SSSR count). The monoisotopic (exact) mass is 303 g/mol. The lowest BCUT2D eigenvalue weighted by molar-refractivity contribution is 0.177. The van der Waals surface area contributed by atoms with Crippen molar-refractivity contribution in [2.75, 3.05) is 6.54 Å². The molecule has 0 spiro atoms. The fraction of sp³-hybridized carbons (Fsp3) is 0.529. The highest BCUT2D eigenvalue weighted by Gasteiger charge is 2.33. The van der Waals surface area contributed by atoms with Crippen LogP contribution in [0.2, 0.25) is 0 Å². The Kier molecular flexibility index (Phi) is 4.25. The number of halogens is 1. The Morgan fingerprint density at radius 1 is 1.27 bits per heavy atom. The number of hydrogen-bond donors (Lipinski definition) is 1. The molecule has 0 atom stereocenters. The summed E-state index contributed by atoms with van der Waals surface area (Å²) < 4.78 is 19.0. The van der Waals surface area contributed by atoms with E-state index in [-0.39, 0.29) is 11.2 Å². The van der Waals surface area contributed by atoms with E-state index in [1.54, 1.807) is 13.0 Å². The van der Waals surface area contributed by atoms with E-state index in [1.165, 1.54) is 25.3 Å². The second-order valence-electron chi connectivity index (χ2n) is 6.42. The summed E-state index contributed by atoms with van der Waals surface area (Å²) in [6.45, 7) is 2.37. The van der Waals surface area contributed by atoms with Crippen molar-refractivity contribution in [3.8, 4) is 11.4 Å². The van der Waals surface area contributed by atoms with Gasteiger partial charge in [0.1, 0.15) is 5.82 Å². The van der Waals surface area contributed by atoms with Gasteiger partial charge in [0, 0.05) is 12.0 Å². The third kappa shape index (κ3) is 3.04. The van der Waals surface area contributed by atoms with Gasteiger partial charge in [0.25, 0.3) is 0 Å². The van der Waals surface area contributed by atoms with Crippen molar-refractivity contribution in [3.05, 3.63) is 35.5 Å². The fourth-order valence-corrected chi connectivity index (χ4v) is 3.25. The number of aryl methyl sites for hydroxylation is 1. The molecule has 0 amide bonds. The van der Waals surface area contributed by atoms with Gasteiger partial charge >= 0.3 is 0 Å². The van der Waals surface area contributed by atoms with Crippen LogP contribution in [0.15, 0.2) is 22.7 Å². The molecule has 5 heteroatoms. The van der Waals surface area contributed by atoms with Crippen LogP contribution < -0.4 is 5.73 Å². The molecular weight excluding hydrogens is 281 g/mol. The predicted molar refractivity (Wildman–Crippen MR) is 82.7 cm³/mol. The zero-order valence-corrected chi connectivity index (χ0v) is 12.9. The molecule has 1 aliphatic carbocycles. The first-order chi connectivity index (χ1) is 10.6. The topological polar surface area (TPSA) is 64.9 Å². The van der Waals surface area contributed by atoms with Gasteiger partial charge in [-0.15, -0.1) is 0 Å². The Labute approximate surface area is 129 Å². The molecule has 0 aliphatic heterocycles. The highest BCUT2D eigenvalue weighted by Crippen LogP contribution is 2.38. The summed E-state index contributed by atoms with van der Waals surface area (Å²) in [5.41, 5.74) is 7.34. The lowest BCUT2D eigenvalue weighted by atomic mass is 9.72. The molecular formula is C17H22FN3O. The first-order valence-corrected chi connectivity index (χ1v) is 7.91. The number of hydrogen-bond acceptors (Lipinski definition) is 4. The molecule has 1 aliphatic rings. The van der Waals surface area contributed by atoms with Gasteiger partial charge in [-0.25, -0.2) is 4.39 Å². The Hall–Kier alpha value is -1.75. The van der Waals surface area contributed by atoms with Crippen molar-refractivity contribution >= 4 is 0 Å². The summed E-state index contributed by atoms with van der Waals surface area (Å²) in [4.78, 5) is 4.44. The Bertz CT molecular complexity index is 647.